The predicted octanol–water partition coefficient (Wildman–Crippen LogP) is 4.37. The van der Waals surface area contributed by atoms with Crippen LogP contribution in [-0.2, 0) is 12.8 Å². The molecule has 0 aliphatic rings. The van der Waals surface area contributed by atoms with Gasteiger partial charge in [0.1, 0.15) is 5.02 Å². The van der Waals surface area contributed by atoms with Crippen LogP contribution in [0.15, 0.2) is 66.9 Å². The first-order valence-electron chi connectivity index (χ1n) is 8.17. The minimum absolute atomic E-state index is 0.273. The lowest BCUT2D eigenvalue weighted by atomic mass is 10.2. The van der Waals surface area contributed by atoms with E-state index in [1.54, 1.807) is 0 Å². The van der Waals surface area contributed by atoms with Crippen molar-refractivity contribution < 1.29 is 9.47 Å². The van der Waals surface area contributed by atoms with Crippen molar-refractivity contribution in [2.75, 3.05) is 13.2 Å². The highest BCUT2D eigenvalue weighted by Crippen LogP contribution is 2.23. The molecule has 4 nitrogen and oxygen atoms in total. The number of nitrogens with zero attached hydrogens (tertiary/aromatic N) is 2. The van der Waals surface area contributed by atoms with Crippen LogP contribution in [0, 0.1) is 0 Å². The molecule has 3 aromatic rings. The predicted molar refractivity (Wildman–Crippen MR) is 98.3 cm³/mol. The lowest BCUT2D eigenvalue weighted by Crippen LogP contribution is -2.07. The molecular formula is C20H19ClN2O2. The Morgan fingerprint density at radius 3 is 1.92 bits per heavy atom. The highest BCUT2D eigenvalue weighted by Gasteiger charge is 2.08. The number of hydrogen-bond donors (Lipinski definition) is 0. The van der Waals surface area contributed by atoms with Gasteiger partial charge in [-0.25, -0.2) is 4.98 Å². The van der Waals surface area contributed by atoms with Gasteiger partial charge in [-0.1, -0.05) is 72.3 Å². The fraction of sp³-hybridized carbons (Fsp3) is 0.200. The van der Waals surface area contributed by atoms with Gasteiger partial charge >= 0.3 is 6.01 Å². The maximum atomic E-state index is 6.10. The van der Waals surface area contributed by atoms with Gasteiger partial charge in [0.25, 0.3) is 0 Å². The largest absolute Gasteiger partial charge is 0.476 e. The summed E-state index contributed by atoms with van der Waals surface area (Å²) in [6.45, 7) is 0.985. The average Bonchev–Trinajstić information content (AvgIpc) is 2.66. The molecule has 0 amide bonds. The van der Waals surface area contributed by atoms with E-state index in [9.17, 15) is 0 Å². The van der Waals surface area contributed by atoms with Gasteiger partial charge in [0.2, 0.25) is 5.88 Å². The third kappa shape index (κ3) is 5.47. The standard InChI is InChI=1S/C20H19ClN2O2/c21-18-15-22-20(25-14-12-17-9-5-2-6-10-17)23-19(18)24-13-11-16-7-3-1-4-8-16/h1-10,15H,11-14H2. The monoisotopic (exact) mass is 354 g/mol. The zero-order valence-corrected chi connectivity index (χ0v) is 14.5. The van der Waals surface area contributed by atoms with Gasteiger partial charge in [-0.15, -0.1) is 0 Å². The fourth-order valence-electron chi connectivity index (χ4n) is 2.32. The van der Waals surface area contributed by atoms with Crippen LogP contribution in [0.1, 0.15) is 11.1 Å². The molecule has 0 N–H and O–H groups in total. The van der Waals surface area contributed by atoms with Crippen LogP contribution in [0.2, 0.25) is 5.02 Å². The van der Waals surface area contributed by atoms with Crippen molar-refractivity contribution in [2.45, 2.75) is 12.8 Å². The average molecular weight is 355 g/mol. The van der Waals surface area contributed by atoms with Crippen LogP contribution in [0.5, 0.6) is 11.9 Å². The van der Waals surface area contributed by atoms with Crippen molar-refractivity contribution in [3.8, 4) is 11.9 Å². The van der Waals surface area contributed by atoms with E-state index in [1.165, 1.54) is 17.3 Å². The summed E-state index contributed by atoms with van der Waals surface area (Å²) in [5.41, 5.74) is 2.41. The Bertz CT molecular complexity index is 782. The number of rotatable bonds is 8. The molecule has 0 saturated carbocycles. The topological polar surface area (TPSA) is 44.2 Å². The van der Waals surface area contributed by atoms with Gasteiger partial charge in [-0.2, -0.15) is 4.98 Å². The summed E-state index contributed by atoms with van der Waals surface area (Å²) in [5.74, 6) is 0.349. The van der Waals surface area contributed by atoms with E-state index in [1.807, 2.05) is 36.4 Å². The van der Waals surface area contributed by atoms with E-state index in [0.29, 0.717) is 24.1 Å². The Labute approximate surface area is 152 Å². The van der Waals surface area contributed by atoms with Gasteiger partial charge in [0, 0.05) is 12.8 Å². The molecule has 128 valence electrons. The van der Waals surface area contributed by atoms with Crippen molar-refractivity contribution >= 4 is 11.6 Å². The van der Waals surface area contributed by atoms with E-state index in [4.69, 9.17) is 21.1 Å². The first-order chi connectivity index (χ1) is 12.3. The molecule has 1 heterocycles. The molecule has 0 atom stereocenters. The molecule has 5 heteroatoms. The molecule has 25 heavy (non-hydrogen) atoms. The number of halogens is 1. The Hall–Kier alpha value is -2.59. The van der Waals surface area contributed by atoms with Crippen molar-refractivity contribution in [1.29, 1.82) is 0 Å². The minimum Gasteiger partial charge on any atom is -0.476 e. The lowest BCUT2D eigenvalue weighted by molar-refractivity contribution is 0.274. The number of hydrogen-bond acceptors (Lipinski definition) is 4. The van der Waals surface area contributed by atoms with E-state index in [2.05, 4.69) is 34.2 Å². The maximum absolute atomic E-state index is 6.10. The Kier molecular flexibility index (Phi) is 6.23. The third-order valence-corrected chi connectivity index (χ3v) is 3.89. The van der Waals surface area contributed by atoms with Crippen molar-refractivity contribution in [2.24, 2.45) is 0 Å². The van der Waals surface area contributed by atoms with Gasteiger partial charge in [0.05, 0.1) is 19.4 Å². The summed E-state index contributed by atoms with van der Waals surface area (Å²) < 4.78 is 11.3. The minimum atomic E-state index is 0.273. The van der Waals surface area contributed by atoms with Crippen LogP contribution in [0.4, 0.5) is 0 Å². The highest BCUT2D eigenvalue weighted by atomic mass is 35.5. The molecule has 0 unspecified atom stereocenters. The van der Waals surface area contributed by atoms with Gasteiger partial charge in [-0.05, 0) is 11.1 Å². The fourth-order valence-corrected chi connectivity index (χ4v) is 2.47. The second kappa shape index (κ2) is 9.04. The molecule has 1 aromatic heterocycles. The summed E-state index contributed by atoms with van der Waals surface area (Å²) in [4.78, 5) is 8.34. The number of ether oxygens (including phenoxy) is 2. The molecule has 3 rings (SSSR count). The lowest BCUT2D eigenvalue weighted by Gasteiger charge is -2.09. The quantitative estimate of drug-likeness (QED) is 0.602. The molecule has 0 aliphatic carbocycles. The van der Waals surface area contributed by atoms with Crippen molar-refractivity contribution in [1.82, 2.24) is 9.97 Å². The summed E-state index contributed by atoms with van der Waals surface area (Å²) >= 11 is 6.10. The van der Waals surface area contributed by atoms with E-state index >= 15 is 0 Å². The third-order valence-electron chi connectivity index (χ3n) is 3.63. The first kappa shape index (κ1) is 17.2. The van der Waals surface area contributed by atoms with Crippen LogP contribution >= 0.6 is 11.6 Å². The molecule has 0 aliphatic heterocycles. The molecular weight excluding hydrogens is 336 g/mol. The Balaban J connectivity index is 1.51. The van der Waals surface area contributed by atoms with E-state index in [0.717, 1.165) is 12.8 Å². The Morgan fingerprint density at radius 1 is 0.760 bits per heavy atom. The van der Waals surface area contributed by atoms with Crippen LogP contribution < -0.4 is 9.47 Å². The maximum Gasteiger partial charge on any atom is 0.319 e. The van der Waals surface area contributed by atoms with Crippen LogP contribution in [0.25, 0.3) is 0 Å². The normalized spacial score (nSPS) is 10.4. The van der Waals surface area contributed by atoms with Crippen molar-refractivity contribution in [3.63, 3.8) is 0 Å². The van der Waals surface area contributed by atoms with Gasteiger partial charge in [0.15, 0.2) is 0 Å². The van der Waals surface area contributed by atoms with Crippen molar-refractivity contribution in [3.05, 3.63) is 83.0 Å². The summed E-state index contributed by atoms with van der Waals surface area (Å²) in [6.07, 6.45) is 3.08. The van der Waals surface area contributed by atoms with Crippen LogP contribution in [-0.4, -0.2) is 23.2 Å². The SMILES string of the molecule is Clc1cnc(OCCc2ccccc2)nc1OCCc1ccccc1. The summed E-state index contributed by atoms with van der Waals surface area (Å²) in [7, 11) is 0. The van der Waals surface area contributed by atoms with E-state index < -0.39 is 0 Å². The van der Waals surface area contributed by atoms with Gasteiger partial charge in [-0.3, -0.25) is 0 Å². The smallest absolute Gasteiger partial charge is 0.319 e. The molecule has 0 bridgehead atoms. The van der Waals surface area contributed by atoms with E-state index in [-0.39, 0.29) is 6.01 Å². The summed E-state index contributed by atoms with van der Waals surface area (Å²) in [6, 6.07) is 20.5. The number of benzene rings is 2. The zero-order chi connectivity index (χ0) is 17.3. The molecule has 0 spiro atoms. The number of aromatic nitrogens is 2. The van der Waals surface area contributed by atoms with Gasteiger partial charge < -0.3 is 9.47 Å². The molecule has 2 aromatic carbocycles. The summed E-state index contributed by atoms with van der Waals surface area (Å²) in [5, 5.41) is 0.378. The molecule has 0 radical (unpaired) electrons. The molecule has 0 fully saturated rings. The molecule has 0 saturated heterocycles. The highest BCUT2D eigenvalue weighted by molar-refractivity contribution is 6.31. The second-order valence-electron chi connectivity index (χ2n) is 5.47. The zero-order valence-electron chi connectivity index (χ0n) is 13.8. The first-order valence-corrected chi connectivity index (χ1v) is 8.55. The Morgan fingerprint density at radius 2 is 1.32 bits per heavy atom. The second-order valence-corrected chi connectivity index (χ2v) is 5.88. The van der Waals surface area contributed by atoms with Crippen LogP contribution in [0.3, 0.4) is 0 Å².